The molecule has 3 fully saturated rings. The van der Waals surface area contributed by atoms with Crippen LogP contribution >= 0.6 is 11.3 Å². The zero-order valence-corrected chi connectivity index (χ0v) is 25.7. The molecule has 3 aliphatic rings. The van der Waals surface area contributed by atoms with Crippen LogP contribution in [0.2, 0.25) is 0 Å². The Morgan fingerprint density at radius 1 is 1.11 bits per heavy atom. The fourth-order valence-electron chi connectivity index (χ4n) is 6.73. The number of nitrogens with one attached hydrogen (secondary N) is 2. The van der Waals surface area contributed by atoms with Gasteiger partial charge in [0.05, 0.1) is 35.1 Å². The lowest BCUT2D eigenvalue weighted by Crippen LogP contribution is -2.51. The lowest BCUT2D eigenvalue weighted by atomic mass is 9.84. The van der Waals surface area contributed by atoms with Gasteiger partial charge in [-0.3, -0.25) is 19.6 Å². The molecule has 0 bridgehead atoms. The predicted octanol–water partition coefficient (Wildman–Crippen LogP) is 3.58. The third kappa shape index (κ3) is 5.93. The summed E-state index contributed by atoms with van der Waals surface area (Å²) >= 11 is 1.77. The highest BCUT2D eigenvalue weighted by atomic mass is 32.1. The van der Waals surface area contributed by atoms with Crippen LogP contribution in [0.15, 0.2) is 43.1 Å². The normalized spacial score (nSPS) is 21.5. The van der Waals surface area contributed by atoms with Gasteiger partial charge in [0.1, 0.15) is 0 Å². The molecule has 1 saturated carbocycles. The Hall–Kier alpha value is -3.87. The summed E-state index contributed by atoms with van der Waals surface area (Å²) in [6.07, 6.45) is 6.62. The number of aromatic nitrogens is 4. The number of anilines is 1. The summed E-state index contributed by atoms with van der Waals surface area (Å²) in [6.45, 7) is 10.4. The molecule has 1 aromatic carbocycles. The zero-order valence-electron chi connectivity index (χ0n) is 24.8. The first-order valence-corrected chi connectivity index (χ1v) is 16.4. The number of benzene rings is 1. The number of piperazine rings is 1. The first-order valence-electron chi connectivity index (χ1n) is 15.6. The SMILES string of the molecule is C=CC(=O)N[C@H]1CCC[C@@H](C(=O)N2CCN(Cc3cc4nc(-c5cccc6[nH]ncc56)nc(N5CCOCC5)c4s3)CC2)C1. The van der Waals surface area contributed by atoms with Crippen molar-refractivity contribution in [3.05, 3.63) is 48.0 Å². The van der Waals surface area contributed by atoms with Gasteiger partial charge in [0.2, 0.25) is 11.8 Å². The number of ether oxygens (including phenoxy) is 1. The van der Waals surface area contributed by atoms with Crippen LogP contribution in [0.5, 0.6) is 0 Å². The van der Waals surface area contributed by atoms with Crippen molar-refractivity contribution in [3.8, 4) is 11.4 Å². The van der Waals surface area contributed by atoms with Gasteiger partial charge in [-0.25, -0.2) is 9.97 Å². The van der Waals surface area contributed by atoms with E-state index in [9.17, 15) is 9.59 Å². The van der Waals surface area contributed by atoms with Gasteiger partial charge in [-0.2, -0.15) is 5.10 Å². The Morgan fingerprint density at radius 2 is 1.95 bits per heavy atom. The van der Waals surface area contributed by atoms with Crippen LogP contribution in [0.3, 0.4) is 0 Å². The number of hydrogen-bond acceptors (Lipinski definition) is 9. The number of thiophene rings is 1. The number of hydrogen-bond donors (Lipinski definition) is 2. The van der Waals surface area contributed by atoms with Gasteiger partial charge in [-0.05, 0) is 37.5 Å². The molecular formula is C32H38N8O3S. The minimum Gasteiger partial charge on any atom is -0.378 e. The van der Waals surface area contributed by atoms with Crippen molar-refractivity contribution in [3.63, 3.8) is 0 Å². The maximum absolute atomic E-state index is 13.4. The molecule has 3 aromatic heterocycles. The summed E-state index contributed by atoms with van der Waals surface area (Å²) in [5.74, 6) is 1.72. The van der Waals surface area contributed by atoms with Crippen molar-refractivity contribution in [2.24, 2.45) is 5.92 Å². The van der Waals surface area contributed by atoms with Crippen LogP contribution in [0.4, 0.5) is 5.82 Å². The number of morpholine rings is 1. The van der Waals surface area contributed by atoms with E-state index in [4.69, 9.17) is 14.7 Å². The molecule has 11 nitrogen and oxygen atoms in total. The number of aromatic amines is 1. The van der Waals surface area contributed by atoms with Gasteiger partial charge >= 0.3 is 0 Å². The molecule has 1 aliphatic carbocycles. The molecule has 44 heavy (non-hydrogen) atoms. The minimum atomic E-state index is -0.160. The average Bonchev–Trinajstić information content (AvgIpc) is 3.71. The Morgan fingerprint density at radius 3 is 2.77 bits per heavy atom. The van der Waals surface area contributed by atoms with Crippen LogP contribution < -0.4 is 10.2 Å². The van der Waals surface area contributed by atoms with E-state index >= 15 is 0 Å². The number of nitrogens with zero attached hydrogens (tertiary/aromatic N) is 6. The lowest BCUT2D eigenvalue weighted by Gasteiger charge is -2.38. The number of carbonyl (C=O) groups excluding carboxylic acids is 2. The molecule has 4 aromatic rings. The summed E-state index contributed by atoms with van der Waals surface area (Å²) in [6, 6.07) is 8.34. The zero-order chi connectivity index (χ0) is 30.0. The highest BCUT2D eigenvalue weighted by molar-refractivity contribution is 7.19. The molecule has 5 heterocycles. The number of H-pyrrole nitrogens is 1. The Labute approximate surface area is 260 Å². The molecule has 2 saturated heterocycles. The number of fused-ring (bicyclic) bond motifs is 2. The second kappa shape index (κ2) is 12.6. The fraction of sp³-hybridized carbons (Fsp3) is 0.469. The molecule has 2 atom stereocenters. The maximum Gasteiger partial charge on any atom is 0.243 e. The van der Waals surface area contributed by atoms with Crippen LogP contribution in [-0.2, 0) is 20.9 Å². The Bertz CT molecular complexity index is 1670. The highest BCUT2D eigenvalue weighted by Crippen LogP contribution is 2.36. The summed E-state index contributed by atoms with van der Waals surface area (Å²) in [4.78, 5) is 43.3. The van der Waals surface area contributed by atoms with E-state index in [-0.39, 0.29) is 23.8 Å². The smallest absolute Gasteiger partial charge is 0.243 e. The molecular weight excluding hydrogens is 576 g/mol. The Balaban J connectivity index is 1.06. The standard InChI is InChI=1S/C32H38N8O3S/c1-2-28(41)34-22-6-3-5-21(17-22)32(42)40-11-9-38(10-12-40)20-23-18-27-29(44-23)31(39-13-15-43-16-14-39)36-30(35-27)24-7-4-8-26-25(24)19-33-37-26/h2,4,7-8,18-19,21-22H,1,3,5-6,9-17,20H2,(H,33,37)(H,34,41)/t21-,22+/m1/s1. The molecule has 12 heteroatoms. The van der Waals surface area contributed by atoms with Gasteiger partial charge in [-0.1, -0.05) is 25.1 Å². The van der Waals surface area contributed by atoms with Crippen LogP contribution in [-0.4, -0.2) is 100 Å². The summed E-state index contributed by atoms with van der Waals surface area (Å²) in [7, 11) is 0. The molecule has 230 valence electrons. The fourth-order valence-corrected chi connectivity index (χ4v) is 7.88. The molecule has 2 amide bonds. The average molecular weight is 615 g/mol. The van der Waals surface area contributed by atoms with Crippen molar-refractivity contribution in [2.45, 2.75) is 38.3 Å². The van der Waals surface area contributed by atoms with Crippen LogP contribution in [0, 0.1) is 5.92 Å². The van der Waals surface area contributed by atoms with Gasteiger partial charge < -0.3 is 19.9 Å². The van der Waals surface area contributed by atoms with E-state index < -0.39 is 0 Å². The van der Waals surface area contributed by atoms with Gasteiger partial charge in [0.15, 0.2) is 11.6 Å². The largest absolute Gasteiger partial charge is 0.378 e. The van der Waals surface area contributed by atoms with Crippen molar-refractivity contribution < 1.29 is 14.3 Å². The van der Waals surface area contributed by atoms with Gasteiger partial charge in [-0.15, -0.1) is 11.3 Å². The first-order chi connectivity index (χ1) is 21.6. The number of amides is 2. The van der Waals surface area contributed by atoms with Crippen molar-refractivity contribution in [2.75, 3.05) is 57.4 Å². The molecule has 0 unspecified atom stereocenters. The van der Waals surface area contributed by atoms with E-state index in [1.54, 1.807) is 11.3 Å². The van der Waals surface area contributed by atoms with E-state index in [1.165, 1.54) is 11.0 Å². The van der Waals surface area contributed by atoms with E-state index in [2.05, 4.69) is 44.0 Å². The van der Waals surface area contributed by atoms with E-state index in [0.29, 0.717) is 25.5 Å². The summed E-state index contributed by atoms with van der Waals surface area (Å²) < 4.78 is 6.75. The molecule has 7 rings (SSSR count). The maximum atomic E-state index is 13.4. The molecule has 2 N–H and O–H groups in total. The topological polar surface area (TPSA) is 120 Å². The molecule has 0 radical (unpaired) electrons. The lowest BCUT2D eigenvalue weighted by molar-refractivity contribution is -0.139. The van der Waals surface area contributed by atoms with E-state index in [1.807, 2.05) is 23.2 Å². The minimum absolute atomic E-state index is 0.0210. The van der Waals surface area contributed by atoms with Crippen molar-refractivity contribution in [1.82, 2.24) is 35.3 Å². The summed E-state index contributed by atoms with van der Waals surface area (Å²) in [5, 5.41) is 11.3. The third-order valence-corrected chi connectivity index (χ3v) is 10.2. The predicted molar refractivity (Wildman–Crippen MR) is 171 cm³/mol. The molecule has 0 spiro atoms. The second-order valence-electron chi connectivity index (χ2n) is 11.9. The number of rotatable bonds is 7. The van der Waals surface area contributed by atoms with Crippen molar-refractivity contribution in [1.29, 1.82) is 0 Å². The van der Waals surface area contributed by atoms with Crippen LogP contribution in [0.1, 0.15) is 30.6 Å². The van der Waals surface area contributed by atoms with Gasteiger partial charge in [0, 0.05) is 73.6 Å². The third-order valence-electron chi connectivity index (χ3n) is 9.06. The summed E-state index contributed by atoms with van der Waals surface area (Å²) in [5.41, 5.74) is 2.89. The second-order valence-corrected chi connectivity index (χ2v) is 13.0. The number of carbonyl (C=O) groups is 2. The highest BCUT2D eigenvalue weighted by Gasteiger charge is 2.32. The van der Waals surface area contributed by atoms with Crippen LogP contribution in [0.25, 0.3) is 32.5 Å². The monoisotopic (exact) mass is 614 g/mol. The van der Waals surface area contributed by atoms with E-state index in [0.717, 1.165) is 97.6 Å². The first kappa shape index (κ1) is 28.9. The quantitative estimate of drug-likeness (QED) is 0.303. The molecule has 2 aliphatic heterocycles. The van der Waals surface area contributed by atoms with Crippen molar-refractivity contribution >= 4 is 50.1 Å². The Kier molecular flexibility index (Phi) is 8.28. The van der Waals surface area contributed by atoms with Gasteiger partial charge in [0.25, 0.3) is 0 Å².